The first-order valence-corrected chi connectivity index (χ1v) is 8.74. The van der Waals surface area contributed by atoms with E-state index in [1.165, 1.54) is 57.1 Å². The second-order valence-electron chi connectivity index (χ2n) is 6.74. The molecule has 3 rings (SSSR count). The van der Waals surface area contributed by atoms with Crippen LogP contribution in [0.4, 0.5) is 5.69 Å². The molecule has 2 aliphatic rings. The van der Waals surface area contributed by atoms with E-state index in [0.29, 0.717) is 12.1 Å². The first-order valence-electron chi connectivity index (χ1n) is 8.74. The van der Waals surface area contributed by atoms with Gasteiger partial charge in [-0.15, -0.1) is 0 Å². The van der Waals surface area contributed by atoms with Gasteiger partial charge in [0.05, 0.1) is 24.5 Å². The van der Waals surface area contributed by atoms with E-state index in [9.17, 15) is 0 Å². The molecule has 2 fully saturated rings. The van der Waals surface area contributed by atoms with E-state index in [0.717, 1.165) is 19.1 Å². The third-order valence-electron chi connectivity index (χ3n) is 4.96. The van der Waals surface area contributed by atoms with Crippen LogP contribution in [0.1, 0.15) is 58.3 Å². The number of nitrogens with zero attached hydrogens (tertiary/aromatic N) is 2. The summed E-state index contributed by atoms with van der Waals surface area (Å²) in [6.07, 6.45) is 15.0. The summed E-state index contributed by atoms with van der Waals surface area (Å²) in [5.41, 5.74) is 1.17. The van der Waals surface area contributed by atoms with E-state index in [2.05, 4.69) is 23.5 Å². The lowest BCUT2D eigenvalue weighted by Crippen LogP contribution is -2.25. The lowest BCUT2D eigenvalue weighted by atomic mass is 9.83. The molecule has 21 heavy (non-hydrogen) atoms. The van der Waals surface area contributed by atoms with Gasteiger partial charge in [0, 0.05) is 18.8 Å². The highest BCUT2D eigenvalue weighted by Crippen LogP contribution is 2.29. The van der Waals surface area contributed by atoms with E-state index >= 15 is 0 Å². The average Bonchev–Trinajstić information content (AvgIpc) is 3.14. The third kappa shape index (κ3) is 4.22. The summed E-state index contributed by atoms with van der Waals surface area (Å²) in [5.74, 6) is 0.968. The van der Waals surface area contributed by atoms with Crippen molar-refractivity contribution < 1.29 is 4.74 Å². The molecule has 0 spiro atoms. The predicted molar refractivity (Wildman–Crippen MR) is 85.5 cm³/mol. The molecule has 0 aromatic carbocycles. The van der Waals surface area contributed by atoms with Crippen molar-refractivity contribution in [3.05, 3.63) is 12.4 Å². The van der Waals surface area contributed by atoms with Gasteiger partial charge in [0.2, 0.25) is 0 Å². The van der Waals surface area contributed by atoms with Gasteiger partial charge in [-0.2, -0.15) is 5.10 Å². The molecule has 1 aliphatic heterocycles. The van der Waals surface area contributed by atoms with Crippen LogP contribution < -0.4 is 5.32 Å². The molecule has 1 unspecified atom stereocenters. The van der Waals surface area contributed by atoms with Gasteiger partial charge in [-0.3, -0.25) is 4.68 Å². The summed E-state index contributed by atoms with van der Waals surface area (Å²) in [6, 6.07) is 0.637. The number of aromatic nitrogens is 2. The zero-order valence-electron chi connectivity index (χ0n) is 13.3. The van der Waals surface area contributed by atoms with Crippen LogP contribution in [0.3, 0.4) is 0 Å². The van der Waals surface area contributed by atoms with Crippen molar-refractivity contribution in [3.63, 3.8) is 0 Å². The number of hydrogen-bond acceptors (Lipinski definition) is 3. The minimum absolute atomic E-state index is 0.363. The van der Waals surface area contributed by atoms with Gasteiger partial charge in [0.25, 0.3) is 0 Å². The Labute approximate surface area is 128 Å². The van der Waals surface area contributed by atoms with Gasteiger partial charge >= 0.3 is 0 Å². The first-order chi connectivity index (χ1) is 10.3. The van der Waals surface area contributed by atoms with Crippen molar-refractivity contribution in [1.82, 2.24) is 9.78 Å². The molecular weight excluding hydrogens is 262 g/mol. The van der Waals surface area contributed by atoms with E-state index in [1.807, 2.05) is 10.9 Å². The first kappa shape index (κ1) is 14.9. The van der Waals surface area contributed by atoms with Crippen LogP contribution in [0.2, 0.25) is 0 Å². The lowest BCUT2D eigenvalue weighted by molar-refractivity contribution is 0.0940. The Morgan fingerprint density at radius 2 is 2.14 bits per heavy atom. The second kappa shape index (κ2) is 7.30. The quantitative estimate of drug-likeness (QED) is 0.865. The van der Waals surface area contributed by atoms with Crippen LogP contribution in [-0.4, -0.2) is 28.5 Å². The largest absolute Gasteiger partial charge is 0.380 e. The summed E-state index contributed by atoms with van der Waals surface area (Å²) in [4.78, 5) is 0. The number of rotatable bonds is 6. The molecule has 1 aromatic heterocycles. The molecule has 4 heteroatoms. The molecule has 1 saturated heterocycles. The van der Waals surface area contributed by atoms with Crippen LogP contribution in [0.15, 0.2) is 12.4 Å². The Kier molecular flexibility index (Phi) is 5.17. The molecule has 0 radical (unpaired) electrons. The molecular formula is C17H29N3O. The minimum Gasteiger partial charge on any atom is -0.380 e. The standard InChI is InChI=1S/C17H29N3O/c1-2-4-14-6-8-15(9-7-14)19-16-11-18-20(12-16)13-17-5-3-10-21-17/h11-12,14-15,17,19H,2-10,13H2,1H3. The second-order valence-corrected chi connectivity index (χ2v) is 6.74. The maximum atomic E-state index is 5.67. The summed E-state index contributed by atoms with van der Waals surface area (Å²) >= 11 is 0. The fraction of sp³-hybridized carbons (Fsp3) is 0.824. The van der Waals surface area contributed by atoms with Crippen molar-refractivity contribution in [2.45, 2.75) is 77.0 Å². The highest BCUT2D eigenvalue weighted by molar-refractivity contribution is 5.39. The van der Waals surface area contributed by atoms with Crippen LogP contribution in [-0.2, 0) is 11.3 Å². The van der Waals surface area contributed by atoms with Crippen LogP contribution in [0.25, 0.3) is 0 Å². The molecule has 1 N–H and O–H groups in total. The maximum Gasteiger partial charge on any atom is 0.0771 e. The van der Waals surface area contributed by atoms with E-state index in [-0.39, 0.29) is 0 Å². The highest BCUT2D eigenvalue weighted by Gasteiger charge is 2.21. The van der Waals surface area contributed by atoms with E-state index in [1.54, 1.807) is 0 Å². The van der Waals surface area contributed by atoms with Gasteiger partial charge in [-0.25, -0.2) is 0 Å². The number of hydrogen-bond donors (Lipinski definition) is 1. The summed E-state index contributed by atoms with van der Waals surface area (Å²) < 4.78 is 7.70. The van der Waals surface area contributed by atoms with Gasteiger partial charge in [0.15, 0.2) is 0 Å². The topological polar surface area (TPSA) is 39.1 Å². The third-order valence-corrected chi connectivity index (χ3v) is 4.96. The molecule has 0 bridgehead atoms. The van der Waals surface area contributed by atoms with E-state index in [4.69, 9.17) is 4.74 Å². The van der Waals surface area contributed by atoms with Gasteiger partial charge in [-0.1, -0.05) is 19.8 Å². The molecule has 1 atom stereocenters. The zero-order chi connectivity index (χ0) is 14.5. The molecule has 0 amide bonds. The Hall–Kier alpha value is -1.03. The minimum atomic E-state index is 0.363. The van der Waals surface area contributed by atoms with Crippen molar-refractivity contribution in [2.24, 2.45) is 5.92 Å². The summed E-state index contributed by atoms with van der Waals surface area (Å²) in [7, 11) is 0. The molecule has 1 aliphatic carbocycles. The summed E-state index contributed by atoms with van der Waals surface area (Å²) in [6.45, 7) is 4.11. The van der Waals surface area contributed by atoms with Crippen molar-refractivity contribution in [3.8, 4) is 0 Å². The van der Waals surface area contributed by atoms with Gasteiger partial charge < -0.3 is 10.1 Å². The van der Waals surface area contributed by atoms with Crippen molar-refractivity contribution in [2.75, 3.05) is 11.9 Å². The zero-order valence-corrected chi connectivity index (χ0v) is 13.3. The molecule has 4 nitrogen and oxygen atoms in total. The Morgan fingerprint density at radius 1 is 1.29 bits per heavy atom. The normalized spacial score (nSPS) is 29.7. The maximum absolute atomic E-state index is 5.67. The number of ether oxygens (including phenoxy) is 1. The fourth-order valence-electron chi connectivity index (χ4n) is 3.77. The monoisotopic (exact) mass is 291 g/mol. The van der Waals surface area contributed by atoms with Crippen LogP contribution in [0, 0.1) is 5.92 Å². The Balaban J connectivity index is 1.44. The number of anilines is 1. The van der Waals surface area contributed by atoms with Gasteiger partial charge in [-0.05, 0) is 44.4 Å². The Morgan fingerprint density at radius 3 is 2.86 bits per heavy atom. The molecule has 1 aromatic rings. The average molecular weight is 291 g/mol. The smallest absolute Gasteiger partial charge is 0.0771 e. The van der Waals surface area contributed by atoms with Crippen molar-refractivity contribution in [1.29, 1.82) is 0 Å². The summed E-state index contributed by atoms with van der Waals surface area (Å²) in [5, 5.41) is 8.13. The highest BCUT2D eigenvalue weighted by atomic mass is 16.5. The van der Waals surface area contributed by atoms with Crippen LogP contribution in [0.5, 0.6) is 0 Å². The van der Waals surface area contributed by atoms with Crippen molar-refractivity contribution >= 4 is 5.69 Å². The molecule has 118 valence electrons. The predicted octanol–water partition coefficient (Wildman–Crippen LogP) is 3.83. The van der Waals surface area contributed by atoms with Gasteiger partial charge in [0.1, 0.15) is 0 Å². The number of nitrogens with one attached hydrogen (secondary N) is 1. The fourth-order valence-corrected chi connectivity index (χ4v) is 3.77. The molecule has 1 saturated carbocycles. The SMILES string of the molecule is CCCC1CCC(Nc2cnn(CC3CCCO3)c2)CC1. The lowest BCUT2D eigenvalue weighted by Gasteiger charge is -2.29. The van der Waals surface area contributed by atoms with E-state index < -0.39 is 0 Å². The van der Waals surface area contributed by atoms with Crippen LogP contribution >= 0.6 is 0 Å². The Bertz CT molecular complexity index is 417. The molecule has 2 heterocycles.